The van der Waals surface area contributed by atoms with Crippen molar-refractivity contribution in [3.8, 4) is 22.5 Å². The third-order valence-corrected chi connectivity index (χ3v) is 5.19. The van der Waals surface area contributed by atoms with E-state index in [1.54, 1.807) is 0 Å². The zero-order valence-corrected chi connectivity index (χ0v) is 14.4. The first-order valence-electron chi connectivity index (χ1n) is 8.48. The van der Waals surface area contributed by atoms with Crippen LogP contribution in [0.4, 0.5) is 5.69 Å². The second-order valence-electron chi connectivity index (χ2n) is 6.95. The van der Waals surface area contributed by atoms with Gasteiger partial charge in [0.05, 0.1) is 0 Å². The summed E-state index contributed by atoms with van der Waals surface area (Å²) in [6.45, 7) is 7.71. The Morgan fingerprint density at radius 3 is 2.33 bits per heavy atom. The smallest absolute Gasteiger partial charge is 0.122 e. The van der Waals surface area contributed by atoms with E-state index in [-0.39, 0.29) is 5.54 Å². The predicted octanol–water partition coefficient (Wildman–Crippen LogP) is 4.65. The molecular weight excluding hydrogens is 296 g/mol. The molecule has 0 saturated carbocycles. The summed E-state index contributed by atoms with van der Waals surface area (Å²) in [5.74, 6) is 0. The molecule has 1 aliphatic rings. The van der Waals surface area contributed by atoms with Crippen LogP contribution in [0.5, 0.6) is 0 Å². The van der Waals surface area contributed by atoms with E-state index in [1.807, 2.05) is 0 Å². The molecule has 0 spiro atoms. The Morgan fingerprint density at radius 2 is 1.58 bits per heavy atom. The number of nitrogens with zero attached hydrogens (tertiary/aromatic N) is 3. The molecule has 24 heavy (non-hydrogen) atoms. The van der Waals surface area contributed by atoms with E-state index in [2.05, 4.69) is 89.6 Å². The van der Waals surface area contributed by atoms with E-state index in [0.717, 1.165) is 35.5 Å². The van der Waals surface area contributed by atoms with Gasteiger partial charge in [0.2, 0.25) is 0 Å². The molecule has 0 saturated heterocycles. The summed E-state index contributed by atoms with van der Waals surface area (Å²) in [6, 6.07) is 17.0. The lowest BCUT2D eigenvalue weighted by atomic mass is 9.91. The first kappa shape index (κ1) is 14.9. The van der Waals surface area contributed by atoms with Crippen LogP contribution in [0.2, 0.25) is 0 Å². The maximum atomic E-state index is 4.48. The average Bonchev–Trinajstić information content (AvgIpc) is 3.07. The molecule has 1 N–H and O–H groups in total. The standard InChI is InChI=1S/C20H22N4/c1-4-20(2,3)24-13-14-9-5-6-10-15(14)18-19(22-23-21-18)16-11-7-8-12-17(16)24/h5-12H,4,13H2,1-3H3,(H,21,22,23). The topological polar surface area (TPSA) is 44.8 Å². The number of benzene rings is 2. The monoisotopic (exact) mass is 318 g/mol. The van der Waals surface area contributed by atoms with E-state index in [0.29, 0.717) is 0 Å². The summed E-state index contributed by atoms with van der Waals surface area (Å²) in [6.07, 6.45) is 1.06. The fraction of sp³-hybridized carbons (Fsp3) is 0.300. The normalized spacial score (nSPS) is 13.5. The minimum absolute atomic E-state index is 0.0461. The Hall–Kier alpha value is -2.62. The first-order chi connectivity index (χ1) is 11.6. The summed E-state index contributed by atoms with van der Waals surface area (Å²) < 4.78 is 0. The zero-order chi connectivity index (χ0) is 16.7. The highest BCUT2D eigenvalue weighted by Crippen LogP contribution is 2.42. The molecule has 0 amide bonds. The lowest BCUT2D eigenvalue weighted by molar-refractivity contribution is 0.442. The van der Waals surface area contributed by atoms with Gasteiger partial charge in [0, 0.05) is 28.9 Å². The fourth-order valence-corrected chi connectivity index (χ4v) is 3.39. The van der Waals surface area contributed by atoms with Crippen molar-refractivity contribution in [1.82, 2.24) is 15.4 Å². The van der Waals surface area contributed by atoms with Crippen molar-refractivity contribution in [3.63, 3.8) is 0 Å². The molecule has 4 heteroatoms. The molecule has 0 fully saturated rings. The van der Waals surface area contributed by atoms with Crippen molar-refractivity contribution in [2.45, 2.75) is 39.3 Å². The van der Waals surface area contributed by atoms with Gasteiger partial charge < -0.3 is 4.90 Å². The number of anilines is 1. The van der Waals surface area contributed by atoms with E-state index in [1.165, 1.54) is 11.3 Å². The number of hydrogen-bond acceptors (Lipinski definition) is 3. The number of aromatic amines is 1. The van der Waals surface area contributed by atoms with Gasteiger partial charge in [-0.05, 0) is 31.9 Å². The quantitative estimate of drug-likeness (QED) is 0.748. The first-order valence-corrected chi connectivity index (χ1v) is 8.48. The number of nitrogens with one attached hydrogen (secondary N) is 1. The van der Waals surface area contributed by atoms with Gasteiger partial charge in [0.15, 0.2) is 0 Å². The van der Waals surface area contributed by atoms with E-state index >= 15 is 0 Å². The van der Waals surface area contributed by atoms with Gasteiger partial charge in [-0.25, -0.2) is 0 Å². The number of aromatic nitrogens is 3. The summed E-state index contributed by atoms with van der Waals surface area (Å²) >= 11 is 0. The van der Waals surface area contributed by atoms with Crippen LogP contribution in [0.3, 0.4) is 0 Å². The molecule has 2 aromatic carbocycles. The van der Waals surface area contributed by atoms with Gasteiger partial charge in [-0.1, -0.05) is 49.4 Å². The Kier molecular flexibility index (Phi) is 3.41. The molecule has 0 radical (unpaired) electrons. The molecule has 4 nitrogen and oxygen atoms in total. The third-order valence-electron chi connectivity index (χ3n) is 5.19. The Morgan fingerprint density at radius 1 is 0.958 bits per heavy atom. The molecule has 0 unspecified atom stereocenters. The maximum Gasteiger partial charge on any atom is 0.122 e. The van der Waals surface area contributed by atoms with Crippen LogP contribution >= 0.6 is 0 Å². The van der Waals surface area contributed by atoms with Crippen LogP contribution in [-0.4, -0.2) is 20.9 Å². The van der Waals surface area contributed by atoms with Crippen molar-refractivity contribution < 1.29 is 0 Å². The Labute approximate surface area is 142 Å². The van der Waals surface area contributed by atoms with Crippen LogP contribution in [-0.2, 0) is 6.54 Å². The van der Waals surface area contributed by atoms with Gasteiger partial charge in [0.1, 0.15) is 11.4 Å². The summed E-state index contributed by atoms with van der Waals surface area (Å²) in [5.41, 5.74) is 6.70. The minimum Gasteiger partial charge on any atom is -0.362 e. The molecule has 0 atom stereocenters. The van der Waals surface area contributed by atoms with E-state index < -0.39 is 0 Å². The number of para-hydroxylation sites is 1. The molecule has 2 heterocycles. The molecule has 0 bridgehead atoms. The molecule has 1 aliphatic heterocycles. The third kappa shape index (κ3) is 2.21. The second-order valence-corrected chi connectivity index (χ2v) is 6.95. The number of hydrogen-bond donors (Lipinski definition) is 1. The SMILES string of the molecule is CCC(C)(C)N1Cc2ccccc2-c2n[nH]nc2-c2ccccc21. The summed E-state index contributed by atoms with van der Waals surface area (Å²) in [5, 5.41) is 11.8. The van der Waals surface area contributed by atoms with Crippen molar-refractivity contribution in [1.29, 1.82) is 0 Å². The summed E-state index contributed by atoms with van der Waals surface area (Å²) in [7, 11) is 0. The van der Waals surface area contributed by atoms with Crippen LogP contribution in [0.15, 0.2) is 48.5 Å². The van der Waals surface area contributed by atoms with Crippen molar-refractivity contribution >= 4 is 5.69 Å². The highest BCUT2D eigenvalue weighted by atomic mass is 15.3. The number of fused-ring (bicyclic) bond motifs is 5. The zero-order valence-electron chi connectivity index (χ0n) is 14.4. The van der Waals surface area contributed by atoms with Gasteiger partial charge in [0.25, 0.3) is 0 Å². The number of H-pyrrole nitrogens is 1. The minimum atomic E-state index is 0.0461. The van der Waals surface area contributed by atoms with E-state index in [4.69, 9.17) is 0 Å². The molecule has 122 valence electrons. The second kappa shape index (κ2) is 5.48. The molecule has 1 aromatic heterocycles. The van der Waals surface area contributed by atoms with Crippen LogP contribution < -0.4 is 4.90 Å². The molecule has 4 rings (SSSR count). The number of rotatable bonds is 2. The largest absolute Gasteiger partial charge is 0.362 e. The van der Waals surface area contributed by atoms with Crippen molar-refractivity contribution in [2.24, 2.45) is 0 Å². The molecule has 0 aliphatic carbocycles. The Bertz CT molecular complexity index is 879. The highest BCUT2D eigenvalue weighted by Gasteiger charge is 2.31. The van der Waals surface area contributed by atoms with Crippen LogP contribution in [0, 0.1) is 0 Å². The van der Waals surface area contributed by atoms with Crippen LogP contribution in [0.25, 0.3) is 22.5 Å². The highest BCUT2D eigenvalue weighted by molar-refractivity contribution is 5.87. The van der Waals surface area contributed by atoms with Gasteiger partial charge in [-0.15, -0.1) is 0 Å². The predicted molar refractivity (Wildman–Crippen MR) is 97.8 cm³/mol. The lowest BCUT2D eigenvalue weighted by Gasteiger charge is -2.42. The average molecular weight is 318 g/mol. The lowest BCUT2D eigenvalue weighted by Crippen LogP contribution is -2.43. The molecular formula is C20H22N4. The van der Waals surface area contributed by atoms with Gasteiger partial charge in [-0.2, -0.15) is 15.4 Å². The van der Waals surface area contributed by atoms with Gasteiger partial charge >= 0.3 is 0 Å². The van der Waals surface area contributed by atoms with E-state index in [9.17, 15) is 0 Å². The maximum absolute atomic E-state index is 4.48. The summed E-state index contributed by atoms with van der Waals surface area (Å²) in [4.78, 5) is 2.50. The fourth-order valence-electron chi connectivity index (χ4n) is 3.39. The Balaban J connectivity index is 2.04. The van der Waals surface area contributed by atoms with Crippen LogP contribution in [0.1, 0.15) is 32.8 Å². The molecule has 3 aromatic rings. The van der Waals surface area contributed by atoms with Crippen molar-refractivity contribution in [3.05, 3.63) is 54.1 Å². The van der Waals surface area contributed by atoms with Crippen molar-refractivity contribution in [2.75, 3.05) is 4.90 Å². The van der Waals surface area contributed by atoms with Gasteiger partial charge in [-0.3, -0.25) is 0 Å².